The van der Waals surface area contributed by atoms with Gasteiger partial charge in [0.25, 0.3) is 5.91 Å². The van der Waals surface area contributed by atoms with E-state index >= 15 is 0 Å². The maximum Gasteiger partial charge on any atom is 0.255 e. The number of benzene rings is 1. The highest BCUT2D eigenvalue weighted by Crippen LogP contribution is 2.20. The third kappa shape index (κ3) is 3.94. The molecule has 3 aromatic rings. The normalized spacial score (nSPS) is 12.0. The minimum Gasteiger partial charge on any atom is -0.341 e. The van der Waals surface area contributed by atoms with Gasteiger partial charge in [0.2, 0.25) is 0 Å². The quantitative estimate of drug-likeness (QED) is 0.719. The largest absolute Gasteiger partial charge is 0.341 e. The van der Waals surface area contributed by atoms with Crippen molar-refractivity contribution >= 4 is 5.91 Å². The molecule has 1 aromatic carbocycles. The Bertz CT molecular complexity index is 857. The molecule has 128 valence electrons. The zero-order valence-corrected chi connectivity index (χ0v) is 14.8. The van der Waals surface area contributed by atoms with E-state index in [1.807, 2.05) is 44.6 Å². The third-order valence-corrected chi connectivity index (χ3v) is 4.29. The molecule has 0 saturated carbocycles. The van der Waals surface area contributed by atoms with Crippen LogP contribution < -0.4 is 0 Å². The lowest BCUT2D eigenvalue weighted by Gasteiger charge is -2.22. The zero-order chi connectivity index (χ0) is 17.8. The summed E-state index contributed by atoms with van der Waals surface area (Å²) in [5.74, 6) is 0.241. The molecule has 3 rings (SSSR count). The number of carbonyl (C=O) groups is 1. The molecule has 0 spiro atoms. The predicted octanol–water partition coefficient (Wildman–Crippen LogP) is 3.36. The maximum absolute atomic E-state index is 12.8. The van der Waals surface area contributed by atoms with Crippen molar-refractivity contribution in [1.29, 1.82) is 0 Å². The van der Waals surface area contributed by atoms with E-state index in [4.69, 9.17) is 0 Å². The molecule has 0 aliphatic rings. The van der Waals surface area contributed by atoms with Crippen molar-refractivity contribution in [1.82, 2.24) is 19.7 Å². The average molecular weight is 334 g/mol. The number of aryl methyl sites for hydroxylation is 1. The van der Waals surface area contributed by atoms with Gasteiger partial charge in [-0.05, 0) is 17.5 Å². The molecule has 25 heavy (non-hydrogen) atoms. The van der Waals surface area contributed by atoms with Gasteiger partial charge < -0.3 is 4.90 Å². The molecule has 0 aliphatic heterocycles. The van der Waals surface area contributed by atoms with Crippen molar-refractivity contribution in [3.05, 3.63) is 72.3 Å². The predicted molar refractivity (Wildman–Crippen MR) is 98.3 cm³/mol. The molecule has 0 radical (unpaired) electrons. The molecule has 2 heterocycles. The van der Waals surface area contributed by atoms with Crippen molar-refractivity contribution in [3.63, 3.8) is 0 Å². The highest BCUT2D eigenvalue weighted by atomic mass is 16.2. The van der Waals surface area contributed by atoms with Crippen molar-refractivity contribution < 1.29 is 4.79 Å². The van der Waals surface area contributed by atoms with E-state index in [1.54, 1.807) is 28.2 Å². The number of hydrogen-bond donors (Lipinski definition) is 0. The smallest absolute Gasteiger partial charge is 0.255 e. The Balaban J connectivity index is 1.74. The van der Waals surface area contributed by atoms with Crippen LogP contribution in [0.4, 0.5) is 0 Å². The number of amides is 1. The van der Waals surface area contributed by atoms with E-state index in [2.05, 4.69) is 29.1 Å². The highest BCUT2D eigenvalue weighted by molar-refractivity contribution is 5.94. The fourth-order valence-electron chi connectivity index (χ4n) is 2.89. The summed E-state index contributed by atoms with van der Waals surface area (Å²) in [6.45, 7) is 2.78. The summed E-state index contributed by atoms with van der Waals surface area (Å²) in [7, 11) is 3.70. The van der Waals surface area contributed by atoms with Crippen LogP contribution in [0.15, 0.2) is 61.2 Å². The maximum atomic E-state index is 12.8. The number of rotatable bonds is 5. The molecule has 0 bridgehead atoms. The topological polar surface area (TPSA) is 51.0 Å². The number of nitrogens with zero attached hydrogens (tertiary/aromatic N) is 4. The minimum atomic E-state index is -0.0268. The van der Waals surface area contributed by atoms with Gasteiger partial charge in [0, 0.05) is 50.4 Å². The summed E-state index contributed by atoms with van der Waals surface area (Å²) >= 11 is 0. The average Bonchev–Trinajstić information content (AvgIpc) is 3.08. The lowest BCUT2D eigenvalue weighted by molar-refractivity contribution is 0.0788. The Morgan fingerprint density at radius 2 is 1.92 bits per heavy atom. The Labute approximate surface area is 147 Å². The van der Waals surface area contributed by atoms with Crippen LogP contribution >= 0.6 is 0 Å². The van der Waals surface area contributed by atoms with E-state index in [-0.39, 0.29) is 11.8 Å². The molecular weight excluding hydrogens is 312 g/mol. The monoisotopic (exact) mass is 334 g/mol. The van der Waals surface area contributed by atoms with Crippen molar-refractivity contribution in [2.24, 2.45) is 7.05 Å². The van der Waals surface area contributed by atoms with Gasteiger partial charge in [-0.1, -0.05) is 37.3 Å². The van der Waals surface area contributed by atoms with Gasteiger partial charge in [-0.3, -0.25) is 14.5 Å². The van der Waals surface area contributed by atoms with E-state index < -0.39 is 0 Å². The fraction of sp³-hybridized carbons (Fsp3) is 0.250. The lowest BCUT2D eigenvalue weighted by atomic mass is 10.0. The van der Waals surface area contributed by atoms with Gasteiger partial charge in [-0.15, -0.1) is 0 Å². The van der Waals surface area contributed by atoms with Gasteiger partial charge in [0.05, 0.1) is 11.8 Å². The summed E-state index contributed by atoms with van der Waals surface area (Å²) in [4.78, 5) is 18.7. The summed E-state index contributed by atoms with van der Waals surface area (Å²) < 4.78 is 1.73. The first-order chi connectivity index (χ1) is 12.0. The summed E-state index contributed by atoms with van der Waals surface area (Å²) in [6.07, 6.45) is 7.05. The van der Waals surface area contributed by atoms with Gasteiger partial charge in [0.1, 0.15) is 0 Å². The second-order valence-electron chi connectivity index (χ2n) is 6.36. The molecule has 2 aromatic heterocycles. The number of carbonyl (C=O) groups excluding carboxylic acids is 1. The van der Waals surface area contributed by atoms with Gasteiger partial charge in [-0.2, -0.15) is 5.10 Å². The number of aromatic nitrogens is 3. The Morgan fingerprint density at radius 1 is 1.16 bits per heavy atom. The molecule has 0 fully saturated rings. The Morgan fingerprint density at radius 3 is 2.60 bits per heavy atom. The van der Waals surface area contributed by atoms with Crippen LogP contribution in [0.2, 0.25) is 0 Å². The number of hydrogen-bond acceptors (Lipinski definition) is 3. The molecular formula is C20H22N4O. The molecule has 1 unspecified atom stereocenters. The molecule has 5 nitrogen and oxygen atoms in total. The van der Waals surface area contributed by atoms with Crippen LogP contribution in [0.25, 0.3) is 11.1 Å². The molecule has 0 aliphatic carbocycles. The van der Waals surface area contributed by atoms with E-state index in [9.17, 15) is 4.79 Å². The molecule has 0 saturated heterocycles. The second-order valence-corrected chi connectivity index (χ2v) is 6.36. The number of pyridine rings is 1. The van der Waals surface area contributed by atoms with Crippen molar-refractivity contribution in [2.45, 2.75) is 12.8 Å². The van der Waals surface area contributed by atoms with E-state index in [1.165, 1.54) is 5.56 Å². The highest BCUT2D eigenvalue weighted by Gasteiger charge is 2.16. The van der Waals surface area contributed by atoms with E-state index in [0.717, 1.165) is 11.1 Å². The van der Waals surface area contributed by atoms with E-state index in [0.29, 0.717) is 12.1 Å². The van der Waals surface area contributed by atoms with Crippen LogP contribution in [-0.4, -0.2) is 39.2 Å². The van der Waals surface area contributed by atoms with Gasteiger partial charge >= 0.3 is 0 Å². The standard InChI is InChI=1S/C20H22N4O/c1-15(16-7-5-4-6-8-16)13-23(2)20(25)18-9-17(10-21-11-18)19-12-22-24(3)14-19/h4-12,14-15H,13H2,1-3H3. The van der Waals surface area contributed by atoms with Crippen molar-refractivity contribution in [3.8, 4) is 11.1 Å². The first-order valence-electron chi connectivity index (χ1n) is 8.29. The fourth-order valence-corrected chi connectivity index (χ4v) is 2.89. The first-order valence-corrected chi connectivity index (χ1v) is 8.29. The molecule has 0 N–H and O–H groups in total. The van der Waals surface area contributed by atoms with Crippen LogP contribution in [-0.2, 0) is 7.05 Å². The number of likely N-dealkylation sites (N-methyl/N-ethyl adjacent to an activating group) is 1. The zero-order valence-electron chi connectivity index (χ0n) is 14.8. The Hall–Kier alpha value is -2.95. The molecule has 1 atom stereocenters. The third-order valence-electron chi connectivity index (χ3n) is 4.29. The van der Waals surface area contributed by atoms with Crippen molar-refractivity contribution in [2.75, 3.05) is 13.6 Å². The summed E-state index contributed by atoms with van der Waals surface area (Å²) in [5.41, 5.74) is 3.65. The van der Waals surface area contributed by atoms with Crippen LogP contribution in [0.3, 0.4) is 0 Å². The van der Waals surface area contributed by atoms with Crippen LogP contribution in [0, 0.1) is 0 Å². The van der Waals surface area contributed by atoms with Crippen LogP contribution in [0.5, 0.6) is 0 Å². The molecule has 1 amide bonds. The lowest BCUT2D eigenvalue weighted by Crippen LogP contribution is -2.30. The van der Waals surface area contributed by atoms with Crippen LogP contribution in [0.1, 0.15) is 28.8 Å². The Kier molecular flexibility index (Phi) is 4.93. The molecule has 5 heteroatoms. The van der Waals surface area contributed by atoms with Gasteiger partial charge in [-0.25, -0.2) is 0 Å². The summed E-state index contributed by atoms with van der Waals surface area (Å²) in [6, 6.07) is 12.1. The summed E-state index contributed by atoms with van der Waals surface area (Å²) in [5, 5.41) is 4.17. The second kappa shape index (κ2) is 7.30. The SMILES string of the molecule is CC(CN(C)C(=O)c1cncc(-c2cnn(C)c2)c1)c1ccccc1. The first kappa shape index (κ1) is 16.9. The minimum absolute atomic E-state index is 0.0268. The van der Waals surface area contributed by atoms with Gasteiger partial charge in [0.15, 0.2) is 0 Å².